The van der Waals surface area contributed by atoms with Gasteiger partial charge in [0.25, 0.3) is 0 Å². The highest BCUT2D eigenvalue weighted by atomic mass is 28.3. The fourth-order valence-electron chi connectivity index (χ4n) is 9.96. The summed E-state index contributed by atoms with van der Waals surface area (Å²) in [6.45, 7) is 5.02. The summed E-state index contributed by atoms with van der Waals surface area (Å²) in [4.78, 5) is 0. The first-order valence-electron chi connectivity index (χ1n) is 20.9. The van der Waals surface area contributed by atoms with Crippen LogP contribution in [0.5, 0.6) is 0 Å². The van der Waals surface area contributed by atoms with Gasteiger partial charge in [0, 0.05) is 32.9 Å². The third-order valence-electron chi connectivity index (χ3n) is 13.3. The molecule has 0 saturated carbocycles. The zero-order valence-electron chi connectivity index (χ0n) is 33.8. The van der Waals surface area contributed by atoms with E-state index in [1.165, 1.54) is 74.7 Å². The molecule has 0 saturated heterocycles. The molecule has 0 spiro atoms. The number of fused-ring (bicyclic) bond motifs is 6. The van der Waals surface area contributed by atoms with Crippen molar-refractivity contribution in [3.05, 3.63) is 231 Å². The van der Waals surface area contributed by atoms with Crippen LogP contribution in [0.1, 0.15) is 0 Å². The van der Waals surface area contributed by atoms with Crippen LogP contribution in [0.4, 0.5) is 0 Å². The molecule has 0 amide bonds. The number of aromatic nitrogens is 2. The molecule has 60 heavy (non-hydrogen) atoms. The quantitative estimate of drug-likeness (QED) is 0.107. The third-order valence-corrected chi connectivity index (χ3v) is 22.1. The lowest BCUT2D eigenvalue weighted by atomic mass is 10.1. The van der Waals surface area contributed by atoms with Crippen molar-refractivity contribution in [1.82, 2.24) is 9.13 Å². The minimum absolute atomic E-state index is 1.16. The minimum Gasteiger partial charge on any atom is -0.309 e. The molecule has 0 radical (unpaired) electrons. The lowest BCUT2D eigenvalue weighted by molar-refractivity contribution is 1.17. The van der Waals surface area contributed by atoms with Crippen LogP contribution in [0, 0.1) is 0 Å². The van der Waals surface area contributed by atoms with Gasteiger partial charge in [0.05, 0.1) is 22.1 Å². The number of benzene rings is 9. The van der Waals surface area contributed by atoms with Gasteiger partial charge in [-0.25, -0.2) is 0 Å². The summed E-state index contributed by atoms with van der Waals surface area (Å²) in [5, 5.41) is 13.5. The summed E-state index contributed by atoms with van der Waals surface area (Å²) >= 11 is 0. The largest absolute Gasteiger partial charge is 0.309 e. The van der Waals surface area contributed by atoms with Gasteiger partial charge < -0.3 is 9.13 Å². The van der Waals surface area contributed by atoms with Crippen molar-refractivity contribution in [1.29, 1.82) is 0 Å². The highest BCUT2D eigenvalue weighted by Gasteiger charge is 2.36. The van der Waals surface area contributed by atoms with Crippen molar-refractivity contribution < 1.29 is 0 Å². The van der Waals surface area contributed by atoms with Crippen molar-refractivity contribution in [2.45, 2.75) is 13.1 Å². The lowest BCUT2D eigenvalue weighted by Crippen LogP contribution is -2.64. The second-order valence-electron chi connectivity index (χ2n) is 16.4. The molecule has 2 aromatic heterocycles. The molecule has 0 aliphatic carbocycles. The third kappa shape index (κ3) is 5.60. The Morgan fingerprint density at radius 1 is 0.250 bits per heavy atom. The zero-order valence-corrected chi connectivity index (χ0v) is 35.8. The first-order chi connectivity index (χ1) is 29.5. The average molecular weight is 801 g/mol. The number of rotatable bonds is 8. The van der Waals surface area contributed by atoms with Crippen LogP contribution < -0.4 is 31.1 Å². The van der Waals surface area contributed by atoms with Gasteiger partial charge in [0.1, 0.15) is 16.1 Å². The van der Waals surface area contributed by atoms with E-state index in [2.05, 4.69) is 253 Å². The Balaban J connectivity index is 1.15. The van der Waals surface area contributed by atoms with E-state index in [0.717, 1.165) is 11.4 Å². The Morgan fingerprint density at radius 3 is 1.05 bits per heavy atom. The number of hydrogen-bond acceptors (Lipinski definition) is 0. The van der Waals surface area contributed by atoms with Crippen molar-refractivity contribution in [3.8, 4) is 11.4 Å². The van der Waals surface area contributed by atoms with Gasteiger partial charge in [-0.2, -0.15) is 0 Å². The molecule has 2 heterocycles. The molecule has 2 nitrogen and oxygen atoms in total. The Bertz CT molecular complexity index is 3240. The van der Waals surface area contributed by atoms with Gasteiger partial charge >= 0.3 is 0 Å². The SMILES string of the molecule is C[Si](c1ccccc1)(c1ccccc1)c1ccc2c(c1)c1ccccc1n2-c1ccc2c(c1)c1cc([Si](C)(c3ccccc3)c3ccccc3)ccc1n2-c1ccccc1. The van der Waals surface area contributed by atoms with Gasteiger partial charge in [0.15, 0.2) is 0 Å². The first-order valence-corrected chi connectivity index (χ1v) is 25.9. The molecule has 0 aliphatic rings. The zero-order chi connectivity index (χ0) is 40.3. The normalized spacial score (nSPS) is 12.2. The van der Waals surface area contributed by atoms with Crippen LogP contribution in [0.3, 0.4) is 0 Å². The summed E-state index contributed by atoms with van der Waals surface area (Å²) in [5.74, 6) is 0. The molecular formula is C56H44N2Si2. The van der Waals surface area contributed by atoms with E-state index in [1.54, 1.807) is 0 Å². The fourth-order valence-corrected chi connectivity index (χ4v) is 17.1. The molecule has 11 rings (SSSR count). The molecule has 0 N–H and O–H groups in total. The highest BCUT2D eigenvalue weighted by Crippen LogP contribution is 2.37. The predicted molar refractivity (Wildman–Crippen MR) is 262 cm³/mol. The van der Waals surface area contributed by atoms with Gasteiger partial charge in [-0.3, -0.25) is 0 Å². The summed E-state index contributed by atoms with van der Waals surface area (Å²) in [6.07, 6.45) is 0. The Hall–Kier alpha value is -6.99. The molecule has 0 aliphatic heterocycles. The van der Waals surface area contributed by atoms with Crippen LogP contribution in [0.15, 0.2) is 231 Å². The Kier molecular flexibility index (Phi) is 8.66. The van der Waals surface area contributed by atoms with Crippen LogP contribution in [-0.2, 0) is 0 Å². The average Bonchev–Trinajstić information content (AvgIpc) is 3.84. The second kappa shape index (κ2) is 14.4. The topological polar surface area (TPSA) is 9.86 Å². The molecule has 9 aromatic carbocycles. The summed E-state index contributed by atoms with van der Waals surface area (Å²) in [7, 11) is -4.70. The second-order valence-corrected chi connectivity index (χ2v) is 24.4. The molecule has 286 valence electrons. The van der Waals surface area contributed by atoms with Crippen LogP contribution in [0.2, 0.25) is 13.1 Å². The summed E-state index contributed by atoms with van der Waals surface area (Å²) in [5.41, 5.74) is 7.18. The van der Waals surface area contributed by atoms with Crippen LogP contribution in [-0.4, -0.2) is 25.3 Å². The first kappa shape index (κ1) is 36.1. The maximum Gasteiger partial charge on any atom is 0.145 e. The summed E-state index contributed by atoms with van der Waals surface area (Å²) < 4.78 is 4.93. The smallest absolute Gasteiger partial charge is 0.145 e. The molecular weight excluding hydrogens is 757 g/mol. The minimum atomic E-state index is -2.37. The Labute approximate surface area is 353 Å². The van der Waals surface area contributed by atoms with Crippen molar-refractivity contribution in [2.75, 3.05) is 0 Å². The molecule has 0 fully saturated rings. The highest BCUT2D eigenvalue weighted by molar-refractivity contribution is 7.11. The van der Waals surface area contributed by atoms with E-state index in [9.17, 15) is 0 Å². The van der Waals surface area contributed by atoms with Gasteiger partial charge in [-0.15, -0.1) is 0 Å². The van der Waals surface area contributed by atoms with Gasteiger partial charge in [-0.05, 0) is 79.7 Å². The maximum absolute atomic E-state index is 2.52. The van der Waals surface area contributed by atoms with E-state index in [4.69, 9.17) is 0 Å². The predicted octanol–water partition coefficient (Wildman–Crippen LogP) is 10.1. The van der Waals surface area contributed by atoms with Crippen molar-refractivity contribution >= 4 is 90.9 Å². The van der Waals surface area contributed by atoms with E-state index < -0.39 is 16.1 Å². The molecule has 11 aromatic rings. The molecule has 0 atom stereocenters. The van der Waals surface area contributed by atoms with Gasteiger partial charge in [0.2, 0.25) is 0 Å². The molecule has 4 heteroatoms. The van der Waals surface area contributed by atoms with Crippen LogP contribution >= 0.6 is 0 Å². The number of hydrogen-bond donors (Lipinski definition) is 0. The van der Waals surface area contributed by atoms with E-state index in [-0.39, 0.29) is 0 Å². The molecule has 0 unspecified atom stereocenters. The number of para-hydroxylation sites is 2. The van der Waals surface area contributed by atoms with Crippen molar-refractivity contribution in [3.63, 3.8) is 0 Å². The van der Waals surface area contributed by atoms with Gasteiger partial charge in [-0.1, -0.05) is 195 Å². The maximum atomic E-state index is 2.52. The Morgan fingerprint density at radius 2 is 0.583 bits per heavy atom. The van der Waals surface area contributed by atoms with E-state index in [0.29, 0.717) is 0 Å². The van der Waals surface area contributed by atoms with Crippen molar-refractivity contribution in [2.24, 2.45) is 0 Å². The number of nitrogens with zero attached hydrogens (tertiary/aromatic N) is 2. The van der Waals surface area contributed by atoms with E-state index in [1.807, 2.05) is 0 Å². The van der Waals surface area contributed by atoms with E-state index >= 15 is 0 Å². The summed E-state index contributed by atoms with van der Waals surface area (Å²) in [6, 6.07) is 86.1. The standard InChI is InChI=1S/C56H44N2Si2/c1-59(43-22-10-4-11-23-43,44-24-12-5-13-25-44)47-33-36-55-51(39-47)49-30-18-19-31-53(49)58(55)42-32-35-54-50(38-42)52-40-48(34-37-56(52)57(54)41-20-8-3-9-21-41)60(2,45-26-14-6-15-27-45)46-28-16-7-17-29-46/h3-40H,1-2H3. The van der Waals surface area contributed by atoms with Crippen LogP contribution in [0.25, 0.3) is 55.0 Å². The monoisotopic (exact) mass is 800 g/mol. The lowest BCUT2D eigenvalue weighted by Gasteiger charge is -2.29. The molecule has 0 bridgehead atoms. The fraction of sp³-hybridized carbons (Fsp3) is 0.0357.